The second kappa shape index (κ2) is 7.28. The van der Waals surface area contributed by atoms with Crippen LogP contribution in [0.4, 0.5) is 5.69 Å². The fourth-order valence-corrected chi connectivity index (χ4v) is 1.62. The Morgan fingerprint density at radius 2 is 2.11 bits per heavy atom. The van der Waals surface area contributed by atoms with E-state index in [1.54, 1.807) is 12.3 Å². The quantitative estimate of drug-likeness (QED) is 0.809. The van der Waals surface area contributed by atoms with Crippen LogP contribution in [0.2, 0.25) is 0 Å². The Hall–Kier alpha value is -1.36. The lowest BCUT2D eigenvalue weighted by atomic mass is 10.1. The van der Waals surface area contributed by atoms with Crippen LogP contribution in [0.15, 0.2) is 17.1 Å². The van der Waals surface area contributed by atoms with Gasteiger partial charge in [0.05, 0.1) is 18.4 Å². The van der Waals surface area contributed by atoms with Gasteiger partial charge in [0.25, 0.3) is 5.56 Å². The SMILES string of the molecule is CCN(C)c1cnn(CCNC(C)C(C)C)c(=O)c1. The first-order chi connectivity index (χ1) is 8.95. The van der Waals surface area contributed by atoms with E-state index in [0.717, 1.165) is 18.8 Å². The summed E-state index contributed by atoms with van der Waals surface area (Å²) in [7, 11) is 1.95. The number of hydrogen-bond donors (Lipinski definition) is 1. The van der Waals surface area contributed by atoms with Gasteiger partial charge >= 0.3 is 0 Å². The summed E-state index contributed by atoms with van der Waals surface area (Å²) < 4.78 is 1.51. The highest BCUT2D eigenvalue weighted by molar-refractivity contribution is 5.41. The molecule has 0 amide bonds. The molecule has 1 aromatic heterocycles. The van der Waals surface area contributed by atoms with Gasteiger partial charge in [-0.15, -0.1) is 0 Å². The lowest BCUT2D eigenvalue weighted by molar-refractivity contribution is 0.407. The number of rotatable bonds is 7. The topological polar surface area (TPSA) is 50.2 Å². The first-order valence-corrected chi connectivity index (χ1v) is 6.97. The van der Waals surface area contributed by atoms with E-state index >= 15 is 0 Å². The van der Waals surface area contributed by atoms with E-state index in [1.165, 1.54) is 4.68 Å². The van der Waals surface area contributed by atoms with Crippen LogP contribution in [-0.4, -0.2) is 36.0 Å². The zero-order valence-electron chi connectivity index (χ0n) is 12.7. The number of nitrogens with one attached hydrogen (secondary N) is 1. The summed E-state index contributed by atoms with van der Waals surface area (Å²) >= 11 is 0. The van der Waals surface area contributed by atoms with Crippen LogP contribution < -0.4 is 15.8 Å². The van der Waals surface area contributed by atoms with Gasteiger partial charge in [-0.05, 0) is 19.8 Å². The number of hydrogen-bond acceptors (Lipinski definition) is 4. The summed E-state index contributed by atoms with van der Waals surface area (Å²) in [5.41, 5.74) is 0.823. The Balaban J connectivity index is 2.58. The predicted octanol–water partition coefficient (Wildman–Crippen LogP) is 1.33. The third kappa shape index (κ3) is 4.67. The monoisotopic (exact) mass is 266 g/mol. The molecular formula is C14H26N4O. The predicted molar refractivity (Wildman–Crippen MR) is 79.7 cm³/mol. The van der Waals surface area contributed by atoms with Gasteiger partial charge in [-0.2, -0.15) is 5.10 Å². The molecule has 0 saturated carbocycles. The molecule has 19 heavy (non-hydrogen) atoms. The van der Waals surface area contributed by atoms with E-state index in [2.05, 4.69) is 31.2 Å². The van der Waals surface area contributed by atoms with Crippen molar-refractivity contribution in [3.05, 3.63) is 22.6 Å². The van der Waals surface area contributed by atoms with Crippen LogP contribution in [0, 0.1) is 5.92 Å². The Morgan fingerprint density at radius 3 is 2.63 bits per heavy atom. The smallest absolute Gasteiger partial charge is 0.268 e. The maximum atomic E-state index is 11.9. The summed E-state index contributed by atoms with van der Waals surface area (Å²) in [5.74, 6) is 0.588. The summed E-state index contributed by atoms with van der Waals surface area (Å²) in [6, 6.07) is 2.09. The molecule has 0 radical (unpaired) electrons. The van der Waals surface area contributed by atoms with Crippen molar-refractivity contribution in [2.45, 2.75) is 40.3 Å². The molecule has 108 valence electrons. The van der Waals surface area contributed by atoms with Crippen molar-refractivity contribution < 1.29 is 0 Å². The minimum Gasteiger partial charge on any atom is -0.373 e. The van der Waals surface area contributed by atoms with E-state index in [0.29, 0.717) is 18.5 Å². The average Bonchev–Trinajstić information content (AvgIpc) is 2.39. The lowest BCUT2D eigenvalue weighted by Gasteiger charge is -2.18. The van der Waals surface area contributed by atoms with Gasteiger partial charge < -0.3 is 10.2 Å². The van der Waals surface area contributed by atoms with Crippen molar-refractivity contribution in [1.82, 2.24) is 15.1 Å². The van der Waals surface area contributed by atoms with Gasteiger partial charge in [0.2, 0.25) is 0 Å². The largest absolute Gasteiger partial charge is 0.373 e. The van der Waals surface area contributed by atoms with Gasteiger partial charge in [0.1, 0.15) is 0 Å². The molecule has 1 N–H and O–H groups in total. The molecule has 1 heterocycles. The van der Waals surface area contributed by atoms with Crippen molar-refractivity contribution in [3.63, 3.8) is 0 Å². The third-order valence-corrected chi connectivity index (χ3v) is 3.56. The Labute approximate surface area is 115 Å². The fraction of sp³-hybridized carbons (Fsp3) is 0.714. The molecule has 0 aliphatic carbocycles. The number of aromatic nitrogens is 2. The van der Waals surface area contributed by atoms with Crippen LogP contribution in [0.25, 0.3) is 0 Å². The first-order valence-electron chi connectivity index (χ1n) is 6.97. The molecule has 0 fully saturated rings. The first kappa shape index (κ1) is 15.7. The minimum atomic E-state index is -0.0446. The molecule has 1 atom stereocenters. The second-order valence-electron chi connectivity index (χ2n) is 5.28. The summed E-state index contributed by atoms with van der Waals surface area (Å²) in [6.45, 7) is 10.8. The molecule has 0 aliphatic rings. The second-order valence-corrected chi connectivity index (χ2v) is 5.28. The van der Waals surface area contributed by atoms with E-state index in [9.17, 15) is 4.79 Å². The van der Waals surface area contributed by atoms with Crippen molar-refractivity contribution in [1.29, 1.82) is 0 Å². The van der Waals surface area contributed by atoms with Crippen molar-refractivity contribution >= 4 is 5.69 Å². The highest BCUT2D eigenvalue weighted by Crippen LogP contribution is 2.05. The number of nitrogens with zero attached hydrogens (tertiary/aromatic N) is 3. The van der Waals surface area contributed by atoms with Crippen molar-refractivity contribution in [2.75, 3.05) is 25.0 Å². The lowest BCUT2D eigenvalue weighted by Crippen LogP contribution is -2.36. The Kier molecular flexibility index (Phi) is 6.02. The van der Waals surface area contributed by atoms with E-state index in [4.69, 9.17) is 0 Å². The molecule has 1 unspecified atom stereocenters. The summed E-state index contributed by atoms with van der Waals surface area (Å²) in [5, 5.41) is 7.61. The van der Waals surface area contributed by atoms with Gasteiger partial charge in [-0.3, -0.25) is 4.79 Å². The molecule has 1 rings (SSSR count). The van der Waals surface area contributed by atoms with Crippen molar-refractivity contribution in [2.24, 2.45) is 5.92 Å². The maximum absolute atomic E-state index is 11.9. The molecule has 1 aromatic rings. The molecule has 5 heteroatoms. The summed E-state index contributed by atoms with van der Waals surface area (Å²) in [4.78, 5) is 13.9. The molecule has 0 aromatic carbocycles. The van der Waals surface area contributed by atoms with Crippen LogP contribution in [0.3, 0.4) is 0 Å². The van der Waals surface area contributed by atoms with E-state index in [-0.39, 0.29) is 5.56 Å². The van der Waals surface area contributed by atoms with Crippen LogP contribution >= 0.6 is 0 Å². The molecule has 0 spiro atoms. The third-order valence-electron chi connectivity index (χ3n) is 3.56. The van der Waals surface area contributed by atoms with Crippen LogP contribution in [0.1, 0.15) is 27.7 Å². The Morgan fingerprint density at radius 1 is 1.42 bits per heavy atom. The Bertz CT molecular complexity index is 441. The molecule has 0 saturated heterocycles. The maximum Gasteiger partial charge on any atom is 0.268 e. The zero-order valence-corrected chi connectivity index (χ0v) is 12.7. The normalized spacial score (nSPS) is 12.7. The standard InChI is InChI=1S/C14H26N4O/c1-6-17(5)13-9-14(19)18(16-10-13)8-7-15-12(4)11(2)3/h9-12,15H,6-8H2,1-5H3. The van der Waals surface area contributed by atoms with E-state index in [1.807, 2.05) is 18.9 Å². The molecule has 0 bridgehead atoms. The highest BCUT2D eigenvalue weighted by atomic mass is 16.1. The van der Waals surface area contributed by atoms with Crippen LogP contribution in [-0.2, 0) is 6.54 Å². The van der Waals surface area contributed by atoms with Crippen LogP contribution in [0.5, 0.6) is 0 Å². The van der Waals surface area contributed by atoms with Gasteiger partial charge in [0, 0.05) is 32.2 Å². The fourth-order valence-electron chi connectivity index (χ4n) is 1.62. The summed E-state index contributed by atoms with van der Waals surface area (Å²) in [6.07, 6.45) is 1.75. The zero-order chi connectivity index (χ0) is 14.4. The van der Waals surface area contributed by atoms with Gasteiger partial charge in [-0.1, -0.05) is 13.8 Å². The molecular weight excluding hydrogens is 240 g/mol. The van der Waals surface area contributed by atoms with Gasteiger partial charge in [0.15, 0.2) is 0 Å². The van der Waals surface area contributed by atoms with E-state index < -0.39 is 0 Å². The highest BCUT2D eigenvalue weighted by Gasteiger charge is 2.06. The molecule has 5 nitrogen and oxygen atoms in total. The minimum absolute atomic E-state index is 0.0446. The van der Waals surface area contributed by atoms with Gasteiger partial charge in [-0.25, -0.2) is 4.68 Å². The molecule has 0 aliphatic heterocycles. The van der Waals surface area contributed by atoms with Crippen molar-refractivity contribution in [3.8, 4) is 0 Å². The number of anilines is 1. The average molecular weight is 266 g/mol.